The maximum Gasteiger partial charge on any atom is 0.337 e. The van der Waals surface area contributed by atoms with Gasteiger partial charge in [0, 0.05) is 22.7 Å². The van der Waals surface area contributed by atoms with Gasteiger partial charge in [0.15, 0.2) is 5.82 Å². The molecule has 0 aliphatic rings. The number of benzene rings is 2. The fourth-order valence-electron chi connectivity index (χ4n) is 3.26. The number of hydrogen-bond donors (Lipinski definition) is 1. The number of carbonyl (C=O) groups is 1. The van der Waals surface area contributed by atoms with Crippen LogP contribution in [0.4, 0.5) is 0 Å². The summed E-state index contributed by atoms with van der Waals surface area (Å²) in [4.78, 5) is 16.8. The van der Waals surface area contributed by atoms with E-state index >= 15 is 0 Å². The van der Waals surface area contributed by atoms with Crippen LogP contribution in [0.15, 0.2) is 48.5 Å². The largest absolute Gasteiger partial charge is 0.465 e. The monoisotopic (exact) mass is 388 g/mol. The average molecular weight is 388 g/mol. The van der Waals surface area contributed by atoms with Crippen LogP contribution in [0.1, 0.15) is 42.4 Å². The molecule has 0 atom stereocenters. The SMILES string of the molecule is COC(=O)c1ccc2c(c1)nc(-c1ccc(C)cc1)n2-c1cc(C(C)(C)C)[nH]n1. The molecule has 0 saturated heterocycles. The highest BCUT2D eigenvalue weighted by atomic mass is 16.5. The van der Waals surface area contributed by atoms with E-state index in [1.54, 1.807) is 12.1 Å². The van der Waals surface area contributed by atoms with E-state index in [1.165, 1.54) is 12.7 Å². The van der Waals surface area contributed by atoms with Crippen molar-refractivity contribution in [3.8, 4) is 17.2 Å². The quantitative estimate of drug-likeness (QED) is 0.511. The van der Waals surface area contributed by atoms with Gasteiger partial charge in [0.25, 0.3) is 0 Å². The van der Waals surface area contributed by atoms with Gasteiger partial charge in [-0.25, -0.2) is 9.78 Å². The second-order valence-corrected chi connectivity index (χ2v) is 8.22. The minimum atomic E-state index is -0.381. The summed E-state index contributed by atoms with van der Waals surface area (Å²) in [6.45, 7) is 8.47. The Hall–Kier alpha value is -3.41. The molecule has 0 saturated carbocycles. The Morgan fingerprint density at radius 3 is 2.41 bits per heavy atom. The molecule has 0 fully saturated rings. The summed E-state index contributed by atoms with van der Waals surface area (Å²) in [6, 6.07) is 15.7. The number of carbonyl (C=O) groups excluding carboxylic acids is 1. The Labute approximate surface area is 169 Å². The van der Waals surface area contributed by atoms with Crippen molar-refractivity contribution in [3.63, 3.8) is 0 Å². The fourth-order valence-corrected chi connectivity index (χ4v) is 3.26. The molecular weight excluding hydrogens is 364 g/mol. The summed E-state index contributed by atoms with van der Waals surface area (Å²) in [5.74, 6) is 1.15. The molecule has 4 aromatic rings. The molecule has 29 heavy (non-hydrogen) atoms. The summed E-state index contributed by atoms with van der Waals surface area (Å²) < 4.78 is 6.88. The van der Waals surface area contributed by atoms with Crippen molar-refractivity contribution in [2.75, 3.05) is 7.11 Å². The number of aromatic amines is 1. The number of H-pyrrole nitrogens is 1. The van der Waals surface area contributed by atoms with Crippen molar-refractivity contribution < 1.29 is 9.53 Å². The van der Waals surface area contributed by atoms with E-state index in [0.717, 1.165) is 28.4 Å². The van der Waals surface area contributed by atoms with Crippen LogP contribution in [0.3, 0.4) is 0 Å². The lowest BCUT2D eigenvalue weighted by atomic mass is 9.92. The molecule has 0 unspecified atom stereocenters. The molecule has 0 radical (unpaired) electrons. The van der Waals surface area contributed by atoms with Gasteiger partial charge in [0.05, 0.1) is 23.7 Å². The van der Waals surface area contributed by atoms with E-state index in [4.69, 9.17) is 9.72 Å². The predicted octanol–water partition coefficient (Wildman–Crippen LogP) is 4.81. The van der Waals surface area contributed by atoms with Gasteiger partial charge in [-0.05, 0) is 25.1 Å². The van der Waals surface area contributed by atoms with Gasteiger partial charge >= 0.3 is 5.97 Å². The van der Waals surface area contributed by atoms with Crippen molar-refractivity contribution in [2.24, 2.45) is 0 Å². The predicted molar refractivity (Wildman–Crippen MR) is 113 cm³/mol. The first-order valence-corrected chi connectivity index (χ1v) is 9.52. The number of nitrogens with zero attached hydrogens (tertiary/aromatic N) is 3. The number of aryl methyl sites for hydroxylation is 1. The summed E-state index contributed by atoms with van der Waals surface area (Å²) >= 11 is 0. The van der Waals surface area contributed by atoms with E-state index in [-0.39, 0.29) is 11.4 Å². The van der Waals surface area contributed by atoms with Crippen LogP contribution in [0.5, 0.6) is 0 Å². The first-order chi connectivity index (χ1) is 13.8. The van der Waals surface area contributed by atoms with Crippen LogP contribution in [0, 0.1) is 6.92 Å². The van der Waals surface area contributed by atoms with E-state index in [1.807, 2.05) is 28.8 Å². The molecule has 2 aromatic carbocycles. The summed E-state index contributed by atoms with van der Waals surface area (Å²) in [7, 11) is 1.38. The molecule has 6 nitrogen and oxygen atoms in total. The number of fused-ring (bicyclic) bond motifs is 1. The number of imidazole rings is 1. The molecule has 2 aromatic heterocycles. The zero-order chi connectivity index (χ0) is 20.8. The van der Waals surface area contributed by atoms with Gasteiger partial charge in [0.2, 0.25) is 0 Å². The number of nitrogens with one attached hydrogen (secondary N) is 1. The molecule has 0 amide bonds. The topological polar surface area (TPSA) is 72.8 Å². The van der Waals surface area contributed by atoms with Crippen molar-refractivity contribution in [1.82, 2.24) is 19.7 Å². The Bertz CT molecular complexity index is 1190. The van der Waals surface area contributed by atoms with E-state index in [9.17, 15) is 4.79 Å². The van der Waals surface area contributed by atoms with Gasteiger partial charge in [-0.2, -0.15) is 5.10 Å². The fraction of sp³-hybridized carbons (Fsp3) is 0.261. The lowest BCUT2D eigenvalue weighted by Gasteiger charge is -2.14. The van der Waals surface area contributed by atoms with Crippen molar-refractivity contribution in [1.29, 1.82) is 0 Å². The lowest BCUT2D eigenvalue weighted by Crippen LogP contribution is -2.11. The zero-order valence-corrected chi connectivity index (χ0v) is 17.3. The zero-order valence-electron chi connectivity index (χ0n) is 17.3. The van der Waals surface area contributed by atoms with Crippen molar-refractivity contribution >= 4 is 17.0 Å². The van der Waals surface area contributed by atoms with Crippen LogP contribution >= 0.6 is 0 Å². The standard InChI is InChI=1S/C23H24N4O2/c1-14-6-8-15(9-7-14)21-24-17-12-16(22(28)29-5)10-11-18(17)27(21)20-13-19(25-26-20)23(2,3)4/h6-13H,1-5H3,(H,25,26). The highest BCUT2D eigenvalue weighted by molar-refractivity contribution is 5.94. The maximum atomic E-state index is 12.0. The van der Waals surface area contributed by atoms with Crippen molar-refractivity contribution in [3.05, 3.63) is 65.4 Å². The third-order valence-corrected chi connectivity index (χ3v) is 4.99. The van der Waals surface area contributed by atoms with Gasteiger partial charge < -0.3 is 4.74 Å². The Morgan fingerprint density at radius 1 is 1.07 bits per heavy atom. The van der Waals surface area contributed by atoms with Crippen LogP contribution in [0.2, 0.25) is 0 Å². The number of ether oxygens (including phenoxy) is 1. The van der Waals surface area contributed by atoms with Gasteiger partial charge in [0.1, 0.15) is 5.82 Å². The van der Waals surface area contributed by atoms with Gasteiger partial charge in [-0.1, -0.05) is 50.6 Å². The van der Waals surface area contributed by atoms with Gasteiger partial charge in [-0.15, -0.1) is 0 Å². The Balaban J connectivity index is 1.96. The maximum absolute atomic E-state index is 12.0. The Morgan fingerprint density at radius 2 is 1.79 bits per heavy atom. The van der Waals surface area contributed by atoms with E-state index in [2.05, 4.69) is 50.0 Å². The first kappa shape index (κ1) is 18.9. The molecule has 4 rings (SSSR count). The Kier molecular flexibility index (Phi) is 4.49. The smallest absolute Gasteiger partial charge is 0.337 e. The number of methoxy groups -OCH3 is 1. The third-order valence-electron chi connectivity index (χ3n) is 4.99. The normalized spacial score (nSPS) is 11.8. The summed E-state index contributed by atoms with van der Waals surface area (Å²) in [5.41, 5.74) is 5.20. The molecule has 6 heteroatoms. The van der Waals surface area contributed by atoms with Crippen LogP contribution in [0.25, 0.3) is 28.2 Å². The number of hydrogen-bond acceptors (Lipinski definition) is 4. The molecule has 0 aliphatic carbocycles. The highest BCUT2D eigenvalue weighted by Gasteiger charge is 2.21. The number of rotatable bonds is 3. The molecule has 0 bridgehead atoms. The first-order valence-electron chi connectivity index (χ1n) is 9.52. The third kappa shape index (κ3) is 3.42. The minimum absolute atomic E-state index is 0.0519. The van der Waals surface area contributed by atoms with E-state index in [0.29, 0.717) is 11.1 Å². The molecule has 0 aliphatic heterocycles. The number of esters is 1. The van der Waals surface area contributed by atoms with Gasteiger partial charge in [-0.3, -0.25) is 9.67 Å². The second-order valence-electron chi connectivity index (χ2n) is 8.22. The van der Waals surface area contributed by atoms with Crippen LogP contribution in [-0.2, 0) is 10.2 Å². The number of aromatic nitrogens is 4. The summed E-state index contributed by atoms with van der Waals surface area (Å²) in [6.07, 6.45) is 0. The minimum Gasteiger partial charge on any atom is -0.465 e. The summed E-state index contributed by atoms with van der Waals surface area (Å²) in [5, 5.41) is 7.71. The molecule has 2 heterocycles. The van der Waals surface area contributed by atoms with E-state index < -0.39 is 0 Å². The van der Waals surface area contributed by atoms with Crippen molar-refractivity contribution in [2.45, 2.75) is 33.1 Å². The van der Waals surface area contributed by atoms with Crippen LogP contribution < -0.4 is 0 Å². The lowest BCUT2D eigenvalue weighted by molar-refractivity contribution is 0.0601. The molecule has 0 spiro atoms. The average Bonchev–Trinajstić information content (AvgIpc) is 3.31. The highest BCUT2D eigenvalue weighted by Crippen LogP contribution is 2.30. The van der Waals surface area contributed by atoms with Crippen LogP contribution in [-0.4, -0.2) is 32.8 Å². The molecule has 148 valence electrons. The second kappa shape index (κ2) is 6.88. The molecular formula is C23H24N4O2. The molecule has 1 N–H and O–H groups in total.